The lowest BCUT2D eigenvalue weighted by atomic mass is 9.91. The molecule has 2 aliphatic rings. The molecule has 2 nitrogen and oxygen atoms in total. The van der Waals surface area contributed by atoms with E-state index in [1.165, 1.54) is 0 Å². The predicted octanol–water partition coefficient (Wildman–Crippen LogP) is 2.84. The van der Waals surface area contributed by atoms with Crippen LogP contribution >= 0.6 is 0 Å². The molecule has 86 valence electrons. The van der Waals surface area contributed by atoms with E-state index in [0.717, 1.165) is 30.4 Å². The number of hydrogen-bond acceptors (Lipinski definition) is 2. The molecular weight excluding hydrogens is 200 g/mol. The summed E-state index contributed by atoms with van der Waals surface area (Å²) >= 11 is 0. The van der Waals surface area contributed by atoms with Crippen LogP contribution in [-0.2, 0) is 9.59 Å². The summed E-state index contributed by atoms with van der Waals surface area (Å²) in [6, 6.07) is 0. The van der Waals surface area contributed by atoms with Crippen molar-refractivity contribution < 1.29 is 9.59 Å². The third-order valence-corrected chi connectivity index (χ3v) is 3.94. The topological polar surface area (TPSA) is 34.1 Å². The Hall–Kier alpha value is -1.18. The second kappa shape index (κ2) is 3.69. The maximum absolute atomic E-state index is 11.5. The van der Waals surface area contributed by atoms with Gasteiger partial charge in [0.15, 0.2) is 5.78 Å². The summed E-state index contributed by atoms with van der Waals surface area (Å²) in [6.45, 7) is 5.64. The Balaban J connectivity index is 2.17. The summed E-state index contributed by atoms with van der Waals surface area (Å²) in [7, 11) is 0. The summed E-state index contributed by atoms with van der Waals surface area (Å²) in [5.41, 5.74) is 2.03. The van der Waals surface area contributed by atoms with Gasteiger partial charge in [-0.1, -0.05) is 18.6 Å². The van der Waals surface area contributed by atoms with Gasteiger partial charge < -0.3 is 0 Å². The van der Waals surface area contributed by atoms with Gasteiger partial charge in [0.1, 0.15) is 5.78 Å². The van der Waals surface area contributed by atoms with Crippen LogP contribution in [0.15, 0.2) is 23.3 Å². The molecule has 0 heterocycles. The van der Waals surface area contributed by atoms with E-state index >= 15 is 0 Å². The lowest BCUT2D eigenvalue weighted by Crippen LogP contribution is -2.13. The molecule has 1 atom stereocenters. The minimum Gasteiger partial charge on any atom is -0.299 e. The van der Waals surface area contributed by atoms with Crippen molar-refractivity contribution in [2.24, 2.45) is 11.3 Å². The minimum atomic E-state index is -0.185. The summed E-state index contributed by atoms with van der Waals surface area (Å²) in [4.78, 5) is 22.9. The normalized spacial score (nSPS) is 27.9. The summed E-state index contributed by atoms with van der Waals surface area (Å²) in [5.74, 6) is 0.595. The summed E-state index contributed by atoms with van der Waals surface area (Å²) in [5, 5.41) is 0. The number of ketones is 2. The van der Waals surface area contributed by atoms with Gasteiger partial charge in [0.25, 0.3) is 0 Å². The second-order valence-corrected chi connectivity index (χ2v) is 5.19. The van der Waals surface area contributed by atoms with E-state index < -0.39 is 0 Å². The maximum Gasteiger partial charge on any atom is 0.159 e. The SMILES string of the molecule is CC(=O)C1(C(C)=CC2=CC(=O)C(C)C2)CC1. The molecule has 0 bridgehead atoms. The fourth-order valence-electron chi connectivity index (χ4n) is 2.50. The Bertz CT molecular complexity index is 408. The molecule has 0 spiro atoms. The van der Waals surface area contributed by atoms with Gasteiger partial charge in [0.05, 0.1) is 0 Å². The molecule has 0 aromatic heterocycles. The number of allylic oxidation sites excluding steroid dienone is 4. The third kappa shape index (κ3) is 1.77. The highest BCUT2D eigenvalue weighted by molar-refractivity contribution is 5.95. The average Bonchev–Trinajstić information content (AvgIpc) is 2.92. The smallest absolute Gasteiger partial charge is 0.159 e. The van der Waals surface area contributed by atoms with Crippen LogP contribution in [0.1, 0.15) is 40.0 Å². The lowest BCUT2D eigenvalue weighted by Gasteiger charge is -2.12. The molecule has 2 rings (SSSR count). The molecule has 1 saturated carbocycles. The second-order valence-electron chi connectivity index (χ2n) is 5.19. The molecule has 0 N–H and O–H groups in total. The first-order valence-electron chi connectivity index (χ1n) is 5.90. The molecule has 0 aromatic rings. The Morgan fingerprint density at radius 1 is 1.44 bits per heavy atom. The van der Waals surface area contributed by atoms with Crippen molar-refractivity contribution >= 4 is 11.6 Å². The van der Waals surface area contributed by atoms with E-state index in [-0.39, 0.29) is 22.9 Å². The molecule has 0 radical (unpaired) electrons. The van der Waals surface area contributed by atoms with E-state index in [1.807, 2.05) is 13.8 Å². The van der Waals surface area contributed by atoms with Gasteiger partial charge >= 0.3 is 0 Å². The molecule has 1 fully saturated rings. The van der Waals surface area contributed by atoms with E-state index in [0.29, 0.717) is 0 Å². The first-order valence-corrected chi connectivity index (χ1v) is 5.90. The van der Waals surface area contributed by atoms with Crippen LogP contribution in [0.25, 0.3) is 0 Å². The molecule has 16 heavy (non-hydrogen) atoms. The van der Waals surface area contributed by atoms with Crippen molar-refractivity contribution in [3.63, 3.8) is 0 Å². The number of Topliss-reactive ketones (excluding diaryl/α,β-unsaturated/α-hetero) is 1. The monoisotopic (exact) mass is 218 g/mol. The first kappa shape index (κ1) is 11.3. The van der Waals surface area contributed by atoms with Gasteiger partial charge in [0, 0.05) is 11.3 Å². The molecular formula is C14H18O2. The van der Waals surface area contributed by atoms with Crippen LogP contribution < -0.4 is 0 Å². The minimum absolute atomic E-state index is 0.117. The number of hydrogen-bond donors (Lipinski definition) is 0. The van der Waals surface area contributed by atoms with Gasteiger partial charge in [-0.2, -0.15) is 0 Å². The van der Waals surface area contributed by atoms with Crippen molar-refractivity contribution in [2.45, 2.75) is 40.0 Å². The molecule has 2 aliphatic carbocycles. The average molecular weight is 218 g/mol. The Labute approximate surface area is 96.4 Å². The first-order chi connectivity index (χ1) is 7.45. The van der Waals surface area contributed by atoms with Crippen LogP contribution in [0.2, 0.25) is 0 Å². The zero-order valence-electron chi connectivity index (χ0n) is 10.2. The highest BCUT2D eigenvalue weighted by atomic mass is 16.1. The van der Waals surface area contributed by atoms with Gasteiger partial charge in [-0.05, 0) is 44.8 Å². The number of rotatable bonds is 3. The van der Waals surface area contributed by atoms with Crippen molar-refractivity contribution in [1.29, 1.82) is 0 Å². The fourth-order valence-corrected chi connectivity index (χ4v) is 2.50. The van der Waals surface area contributed by atoms with Crippen LogP contribution in [0.4, 0.5) is 0 Å². The van der Waals surface area contributed by atoms with Crippen molar-refractivity contribution in [1.82, 2.24) is 0 Å². The highest BCUT2D eigenvalue weighted by Gasteiger charge is 2.48. The van der Waals surface area contributed by atoms with Crippen LogP contribution in [0.5, 0.6) is 0 Å². The molecule has 0 amide bonds. The zero-order chi connectivity index (χ0) is 11.9. The summed E-state index contributed by atoms with van der Waals surface area (Å²) in [6.07, 6.45) is 6.55. The number of carbonyl (C=O) groups excluding carboxylic acids is 2. The molecule has 1 unspecified atom stereocenters. The van der Waals surface area contributed by atoms with E-state index in [2.05, 4.69) is 6.08 Å². The lowest BCUT2D eigenvalue weighted by molar-refractivity contribution is -0.120. The van der Waals surface area contributed by atoms with Crippen LogP contribution in [0, 0.1) is 11.3 Å². The van der Waals surface area contributed by atoms with Gasteiger partial charge in [-0.25, -0.2) is 0 Å². The quantitative estimate of drug-likeness (QED) is 0.730. The van der Waals surface area contributed by atoms with Crippen LogP contribution in [0.3, 0.4) is 0 Å². The van der Waals surface area contributed by atoms with Gasteiger partial charge in [-0.3, -0.25) is 9.59 Å². The fraction of sp³-hybridized carbons (Fsp3) is 0.571. The standard InChI is InChI=1S/C14H18O2/c1-9-6-12(8-13(9)16)7-10(2)14(4-5-14)11(3)15/h7-9H,4-6H2,1-3H3. The summed E-state index contributed by atoms with van der Waals surface area (Å²) < 4.78 is 0. The van der Waals surface area contributed by atoms with E-state index in [4.69, 9.17) is 0 Å². The highest BCUT2D eigenvalue weighted by Crippen LogP contribution is 2.52. The molecule has 0 aliphatic heterocycles. The third-order valence-electron chi connectivity index (χ3n) is 3.94. The Kier molecular flexibility index (Phi) is 2.61. The Morgan fingerprint density at radius 3 is 2.44 bits per heavy atom. The van der Waals surface area contributed by atoms with Gasteiger partial charge in [-0.15, -0.1) is 0 Å². The van der Waals surface area contributed by atoms with E-state index in [9.17, 15) is 9.59 Å². The largest absolute Gasteiger partial charge is 0.299 e. The van der Waals surface area contributed by atoms with E-state index in [1.54, 1.807) is 13.0 Å². The zero-order valence-corrected chi connectivity index (χ0v) is 10.2. The predicted molar refractivity (Wildman–Crippen MR) is 63.0 cm³/mol. The molecule has 2 heteroatoms. The number of carbonyl (C=O) groups is 2. The Morgan fingerprint density at radius 2 is 2.06 bits per heavy atom. The van der Waals surface area contributed by atoms with Crippen molar-refractivity contribution in [3.05, 3.63) is 23.3 Å². The van der Waals surface area contributed by atoms with Crippen molar-refractivity contribution in [2.75, 3.05) is 0 Å². The van der Waals surface area contributed by atoms with Crippen molar-refractivity contribution in [3.8, 4) is 0 Å². The molecule has 0 saturated heterocycles. The molecule has 0 aromatic carbocycles. The van der Waals surface area contributed by atoms with Gasteiger partial charge in [0.2, 0.25) is 0 Å². The van der Waals surface area contributed by atoms with Crippen LogP contribution in [-0.4, -0.2) is 11.6 Å². The maximum atomic E-state index is 11.5.